The first kappa shape index (κ1) is 13.3. The van der Waals surface area contributed by atoms with E-state index >= 15 is 0 Å². The minimum atomic E-state index is -1.58. The van der Waals surface area contributed by atoms with Crippen molar-refractivity contribution < 1.29 is 22.7 Å². The summed E-state index contributed by atoms with van der Waals surface area (Å²) in [7, 11) is 0. The third kappa shape index (κ3) is 3.12. The molecule has 1 aromatic rings. The van der Waals surface area contributed by atoms with Gasteiger partial charge in [0.2, 0.25) is 0 Å². The summed E-state index contributed by atoms with van der Waals surface area (Å²) in [6.45, 7) is 3.24. The lowest BCUT2D eigenvalue weighted by Crippen LogP contribution is -2.28. The van der Waals surface area contributed by atoms with Crippen LogP contribution in [0.3, 0.4) is 0 Å². The summed E-state index contributed by atoms with van der Waals surface area (Å²) >= 11 is 0. The SMILES string of the molecule is CCOC(=O)[C@H](C)Nc1ccc(F)c(F)c1F. The van der Waals surface area contributed by atoms with Gasteiger partial charge in [0.15, 0.2) is 17.5 Å². The van der Waals surface area contributed by atoms with Gasteiger partial charge in [0.1, 0.15) is 6.04 Å². The number of anilines is 1. The molecule has 1 aromatic carbocycles. The molecule has 0 fully saturated rings. The van der Waals surface area contributed by atoms with Crippen LogP contribution in [-0.2, 0) is 9.53 Å². The van der Waals surface area contributed by atoms with Crippen LogP contribution in [0.5, 0.6) is 0 Å². The fourth-order valence-electron chi connectivity index (χ4n) is 1.20. The van der Waals surface area contributed by atoms with E-state index in [4.69, 9.17) is 0 Å². The Morgan fingerprint density at radius 3 is 2.59 bits per heavy atom. The van der Waals surface area contributed by atoms with Crippen molar-refractivity contribution >= 4 is 11.7 Å². The highest BCUT2D eigenvalue weighted by Gasteiger charge is 2.18. The maximum Gasteiger partial charge on any atom is 0.328 e. The highest BCUT2D eigenvalue weighted by Crippen LogP contribution is 2.20. The Bertz CT molecular complexity index is 423. The molecule has 0 amide bonds. The zero-order valence-corrected chi connectivity index (χ0v) is 9.39. The van der Waals surface area contributed by atoms with Gasteiger partial charge in [-0.3, -0.25) is 0 Å². The van der Waals surface area contributed by atoms with Crippen LogP contribution < -0.4 is 5.32 Å². The van der Waals surface area contributed by atoms with Crippen LogP contribution in [0.2, 0.25) is 0 Å². The van der Waals surface area contributed by atoms with E-state index in [1.54, 1.807) is 6.92 Å². The molecule has 94 valence electrons. The number of rotatable bonds is 4. The number of hydrogen-bond acceptors (Lipinski definition) is 3. The van der Waals surface area contributed by atoms with Crippen LogP contribution in [0.4, 0.5) is 18.9 Å². The number of nitrogens with one attached hydrogen (secondary N) is 1. The van der Waals surface area contributed by atoms with Crippen LogP contribution in [0.1, 0.15) is 13.8 Å². The van der Waals surface area contributed by atoms with Gasteiger partial charge in [-0.2, -0.15) is 0 Å². The first-order valence-electron chi connectivity index (χ1n) is 5.04. The highest BCUT2D eigenvalue weighted by atomic mass is 19.2. The van der Waals surface area contributed by atoms with E-state index in [1.165, 1.54) is 6.92 Å². The molecule has 1 N–H and O–H groups in total. The predicted octanol–water partition coefficient (Wildman–Crippen LogP) is 2.47. The maximum atomic E-state index is 13.2. The minimum absolute atomic E-state index is 0.186. The molecule has 0 spiro atoms. The lowest BCUT2D eigenvalue weighted by Gasteiger charge is -2.14. The van der Waals surface area contributed by atoms with E-state index in [2.05, 4.69) is 10.1 Å². The summed E-state index contributed by atoms with van der Waals surface area (Å²) in [6.07, 6.45) is 0. The Hall–Kier alpha value is -1.72. The summed E-state index contributed by atoms with van der Waals surface area (Å²) in [6, 6.07) is 0.941. The van der Waals surface area contributed by atoms with Gasteiger partial charge >= 0.3 is 5.97 Å². The number of esters is 1. The standard InChI is InChI=1S/C11H12F3NO2/c1-3-17-11(16)6(2)15-8-5-4-7(12)9(13)10(8)14/h4-6,15H,3H2,1-2H3/t6-/m0/s1. The molecule has 17 heavy (non-hydrogen) atoms. The van der Waals surface area contributed by atoms with Crippen molar-refractivity contribution in [2.24, 2.45) is 0 Å². The second-order valence-electron chi connectivity index (χ2n) is 3.34. The molecule has 0 radical (unpaired) electrons. The van der Waals surface area contributed by atoms with E-state index < -0.39 is 29.5 Å². The number of halogens is 3. The van der Waals surface area contributed by atoms with Gasteiger partial charge in [-0.15, -0.1) is 0 Å². The summed E-state index contributed by atoms with van der Waals surface area (Å²) in [5.41, 5.74) is -0.288. The van der Waals surface area contributed by atoms with Gasteiger partial charge < -0.3 is 10.1 Å². The topological polar surface area (TPSA) is 38.3 Å². The number of hydrogen-bond donors (Lipinski definition) is 1. The largest absolute Gasteiger partial charge is 0.464 e. The van der Waals surface area contributed by atoms with Crippen molar-refractivity contribution in [2.45, 2.75) is 19.9 Å². The molecule has 3 nitrogen and oxygen atoms in total. The van der Waals surface area contributed by atoms with Gasteiger partial charge in [0, 0.05) is 0 Å². The van der Waals surface area contributed by atoms with Gasteiger partial charge in [0.05, 0.1) is 12.3 Å². The normalized spacial score (nSPS) is 12.1. The molecule has 0 aromatic heterocycles. The molecule has 0 aliphatic heterocycles. The molecule has 6 heteroatoms. The lowest BCUT2D eigenvalue weighted by molar-refractivity contribution is -0.143. The quantitative estimate of drug-likeness (QED) is 0.656. The van der Waals surface area contributed by atoms with E-state index in [0.29, 0.717) is 0 Å². The van der Waals surface area contributed by atoms with E-state index in [1.807, 2.05) is 0 Å². The molecule has 0 heterocycles. The second-order valence-corrected chi connectivity index (χ2v) is 3.34. The average molecular weight is 247 g/mol. The van der Waals surface area contributed by atoms with Gasteiger partial charge in [-0.1, -0.05) is 0 Å². The second kappa shape index (κ2) is 5.56. The molecule has 0 unspecified atom stereocenters. The van der Waals surface area contributed by atoms with E-state index in [9.17, 15) is 18.0 Å². The molecule has 0 saturated carbocycles. The van der Waals surface area contributed by atoms with Crippen molar-refractivity contribution in [3.63, 3.8) is 0 Å². The minimum Gasteiger partial charge on any atom is -0.464 e. The Morgan fingerprint density at radius 1 is 1.35 bits per heavy atom. The predicted molar refractivity (Wildman–Crippen MR) is 56.0 cm³/mol. The molecule has 0 saturated heterocycles. The summed E-state index contributed by atoms with van der Waals surface area (Å²) < 4.78 is 43.4. The summed E-state index contributed by atoms with van der Waals surface area (Å²) in [5.74, 6) is -4.82. The van der Waals surface area contributed by atoms with Crippen molar-refractivity contribution in [3.05, 3.63) is 29.6 Å². The van der Waals surface area contributed by atoms with E-state index in [0.717, 1.165) is 12.1 Å². The number of carbonyl (C=O) groups is 1. The van der Waals surface area contributed by atoms with Crippen LogP contribution >= 0.6 is 0 Å². The first-order chi connectivity index (χ1) is 7.97. The van der Waals surface area contributed by atoms with Gasteiger partial charge in [-0.05, 0) is 26.0 Å². The highest BCUT2D eigenvalue weighted by molar-refractivity contribution is 5.78. The summed E-state index contributed by atoms with van der Waals surface area (Å²) in [5, 5.41) is 2.41. The first-order valence-corrected chi connectivity index (χ1v) is 5.04. The molecule has 0 aliphatic carbocycles. The maximum absolute atomic E-state index is 13.2. The van der Waals surface area contributed by atoms with Crippen molar-refractivity contribution in [1.29, 1.82) is 0 Å². The molecule has 0 aliphatic rings. The Kier molecular flexibility index (Phi) is 4.37. The lowest BCUT2D eigenvalue weighted by atomic mass is 10.2. The number of benzene rings is 1. The Labute approximate surface area is 96.6 Å². The third-order valence-electron chi connectivity index (χ3n) is 2.05. The number of carbonyl (C=O) groups excluding carboxylic acids is 1. The molecule has 0 bridgehead atoms. The van der Waals surface area contributed by atoms with Crippen LogP contribution in [0.25, 0.3) is 0 Å². The van der Waals surface area contributed by atoms with Crippen LogP contribution in [0, 0.1) is 17.5 Å². The average Bonchev–Trinajstić information content (AvgIpc) is 2.30. The molecule has 1 atom stereocenters. The van der Waals surface area contributed by atoms with Gasteiger partial charge in [0.25, 0.3) is 0 Å². The summed E-state index contributed by atoms with van der Waals surface area (Å²) in [4.78, 5) is 11.2. The van der Waals surface area contributed by atoms with Crippen molar-refractivity contribution in [3.8, 4) is 0 Å². The molecular weight excluding hydrogens is 235 g/mol. The molecule has 1 rings (SSSR count). The van der Waals surface area contributed by atoms with Crippen LogP contribution in [-0.4, -0.2) is 18.6 Å². The Balaban J connectivity index is 2.82. The van der Waals surface area contributed by atoms with Crippen molar-refractivity contribution in [2.75, 3.05) is 11.9 Å². The fourth-order valence-corrected chi connectivity index (χ4v) is 1.20. The van der Waals surface area contributed by atoms with Gasteiger partial charge in [-0.25, -0.2) is 18.0 Å². The third-order valence-corrected chi connectivity index (χ3v) is 2.05. The molecular formula is C11H12F3NO2. The monoisotopic (exact) mass is 247 g/mol. The zero-order valence-electron chi connectivity index (χ0n) is 9.39. The van der Waals surface area contributed by atoms with Crippen molar-refractivity contribution in [1.82, 2.24) is 0 Å². The van der Waals surface area contributed by atoms with Crippen LogP contribution in [0.15, 0.2) is 12.1 Å². The Morgan fingerprint density at radius 2 is 2.00 bits per heavy atom. The zero-order chi connectivity index (χ0) is 13.0. The smallest absolute Gasteiger partial charge is 0.328 e. The number of ether oxygens (including phenoxy) is 1. The fraction of sp³-hybridized carbons (Fsp3) is 0.364. The van der Waals surface area contributed by atoms with E-state index in [-0.39, 0.29) is 12.3 Å².